The summed E-state index contributed by atoms with van der Waals surface area (Å²) in [6.45, 7) is 6.58. The standard InChI is InChI=1S/C28H29ClFN5O6S/c1-17-14-34(15-18(2)41-17)8-9-40-24-13-31-26-7-4-19(16-35(26)28(24)36)20-10-23(27(39-3)32-12-20)33-42(37,38)25-6-5-21(30)11-22(25)29/h4-7,10-13,16-18,33H,8-9,14-15H2,1-3H3/t17-,18?/m1/s1. The van der Waals surface area contributed by atoms with Gasteiger partial charge in [0.05, 0.1) is 30.5 Å². The van der Waals surface area contributed by atoms with E-state index in [1.165, 1.54) is 30.0 Å². The van der Waals surface area contributed by atoms with E-state index >= 15 is 0 Å². The Morgan fingerprint density at radius 3 is 2.57 bits per heavy atom. The monoisotopic (exact) mass is 617 g/mol. The lowest BCUT2D eigenvalue weighted by molar-refractivity contribution is -0.0699. The van der Waals surface area contributed by atoms with Crippen LogP contribution in [0.3, 0.4) is 0 Å². The van der Waals surface area contributed by atoms with Crippen molar-refractivity contribution in [2.24, 2.45) is 0 Å². The van der Waals surface area contributed by atoms with Gasteiger partial charge in [-0.3, -0.25) is 18.8 Å². The largest absolute Gasteiger partial charge is 0.485 e. The van der Waals surface area contributed by atoms with Crippen LogP contribution in [0.5, 0.6) is 11.6 Å². The second-order valence-corrected chi connectivity index (χ2v) is 12.0. The molecular weight excluding hydrogens is 589 g/mol. The maximum atomic E-state index is 13.5. The zero-order valence-corrected chi connectivity index (χ0v) is 24.7. The fourth-order valence-corrected chi connectivity index (χ4v) is 6.40. The lowest BCUT2D eigenvalue weighted by Gasteiger charge is -2.35. The van der Waals surface area contributed by atoms with Gasteiger partial charge in [0.1, 0.15) is 28.7 Å². The average Bonchev–Trinajstić information content (AvgIpc) is 2.93. The Labute approximate surface area is 246 Å². The second kappa shape index (κ2) is 12.2. The number of fused-ring (bicyclic) bond motifs is 1. The summed E-state index contributed by atoms with van der Waals surface area (Å²) < 4.78 is 60.1. The van der Waals surface area contributed by atoms with Crippen molar-refractivity contribution in [3.63, 3.8) is 0 Å². The van der Waals surface area contributed by atoms with Crippen LogP contribution in [0.25, 0.3) is 16.8 Å². The van der Waals surface area contributed by atoms with Crippen LogP contribution in [0.1, 0.15) is 13.8 Å². The van der Waals surface area contributed by atoms with Crippen molar-refractivity contribution in [3.8, 4) is 22.8 Å². The number of halogens is 2. The van der Waals surface area contributed by atoms with Crippen molar-refractivity contribution < 1.29 is 27.0 Å². The third-order valence-corrected chi connectivity index (χ3v) is 8.48. The van der Waals surface area contributed by atoms with E-state index < -0.39 is 15.8 Å². The van der Waals surface area contributed by atoms with Gasteiger partial charge in [-0.25, -0.2) is 22.8 Å². The lowest BCUT2D eigenvalue weighted by Crippen LogP contribution is -2.46. The minimum atomic E-state index is -4.22. The van der Waals surface area contributed by atoms with Crippen LogP contribution in [-0.4, -0.2) is 73.2 Å². The molecule has 0 spiro atoms. The number of pyridine rings is 2. The van der Waals surface area contributed by atoms with E-state index in [0.717, 1.165) is 31.3 Å². The summed E-state index contributed by atoms with van der Waals surface area (Å²) in [5, 5.41) is -0.279. The highest BCUT2D eigenvalue weighted by atomic mass is 35.5. The predicted molar refractivity (Wildman–Crippen MR) is 155 cm³/mol. The summed E-state index contributed by atoms with van der Waals surface area (Å²) in [5.74, 6) is -0.562. The normalized spacial score (nSPS) is 17.7. The molecule has 0 amide bonds. The number of hydrogen-bond acceptors (Lipinski definition) is 9. The van der Waals surface area contributed by atoms with Crippen LogP contribution in [0, 0.1) is 5.82 Å². The molecule has 1 saturated heterocycles. The van der Waals surface area contributed by atoms with Crippen molar-refractivity contribution in [1.82, 2.24) is 19.3 Å². The third kappa shape index (κ3) is 6.49. The summed E-state index contributed by atoms with van der Waals surface area (Å²) in [5.41, 5.74) is 1.06. The lowest BCUT2D eigenvalue weighted by atomic mass is 10.1. The molecule has 0 bridgehead atoms. The Balaban J connectivity index is 1.40. The van der Waals surface area contributed by atoms with Gasteiger partial charge in [0, 0.05) is 43.2 Å². The van der Waals surface area contributed by atoms with Gasteiger partial charge in [-0.15, -0.1) is 0 Å². The van der Waals surface area contributed by atoms with E-state index in [-0.39, 0.29) is 45.0 Å². The Bertz CT molecular complexity index is 1780. The molecule has 11 nitrogen and oxygen atoms in total. The highest BCUT2D eigenvalue weighted by molar-refractivity contribution is 7.92. The Kier molecular flexibility index (Phi) is 8.64. The van der Waals surface area contributed by atoms with E-state index in [0.29, 0.717) is 29.9 Å². The molecule has 5 rings (SSSR count). The van der Waals surface area contributed by atoms with Gasteiger partial charge in [-0.05, 0) is 50.2 Å². The number of sulfonamides is 1. The molecule has 222 valence electrons. The SMILES string of the molecule is COc1ncc(-c2ccc3ncc(OCCN4CC(C)O[C@H](C)C4)c(=O)n3c2)cc1NS(=O)(=O)c1ccc(F)cc1Cl. The third-order valence-electron chi connectivity index (χ3n) is 6.64. The molecule has 42 heavy (non-hydrogen) atoms. The number of hydrogen-bond donors (Lipinski definition) is 1. The molecule has 14 heteroatoms. The molecule has 1 unspecified atom stereocenters. The van der Waals surface area contributed by atoms with Gasteiger partial charge in [-0.1, -0.05) is 11.6 Å². The van der Waals surface area contributed by atoms with E-state index in [1.807, 2.05) is 13.8 Å². The topological polar surface area (TPSA) is 124 Å². The van der Waals surface area contributed by atoms with Crippen LogP contribution in [0.2, 0.25) is 5.02 Å². The molecule has 1 aliphatic rings. The van der Waals surface area contributed by atoms with Crippen LogP contribution in [-0.2, 0) is 14.8 Å². The second-order valence-electron chi connectivity index (χ2n) is 9.90. The van der Waals surface area contributed by atoms with Crippen LogP contribution in [0.4, 0.5) is 10.1 Å². The maximum Gasteiger partial charge on any atom is 0.300 e. The first-order valence-electron chi connectivity index (χ1n) is 13.1. The molecule has 3 aromatic heterocycles. The maximum absolute atomic E-state index is 13.5. The Hall–Kier alpha value is -3.78. The highest BCUT2D eigenvalue weighted by Crippen LogP contribution is 2.32. The van der Waals surface area contributed by atoms with Gasteiger partial charge >= 0.3 is 0 Å². The number of ether oxygens (including phenoxy) is 3. The zero-order valence-electron chi connectivity index (χ0n) is 23.1. The van der Waals surface area contributed by atoms with Crippen LogP contribution < -0.4 is 19.8 Å². The first-order chi connectivity index (χ1) is 20.0. The van der Waals surface area contributed by atoms with Crippen molar-refractivity contribution in [2.45, 2.75) is 31.0 Å². The fraction of sp³-hybridized carbons (Fsp3) is 0.321. The molecule has 2 atom stereocenters. The zero-order chi connectivity index (χ0) is 30.0. The molecule has 1 fully saturated rings. The van der Waals surface area contributed by atoms with Gasteiger partial charge in [0.2, 0.25) is 11.6 Å². The molecule has 0 saturated carbocycles. The van der Waals surface area contributed by atoms with Crippen molar-refractivity contribution in [3.05, 3.63) is 76.2 Å². The fourth-order valence-electron chi connectivity index (χ4n) is 4.82. The summed E-state index contributed by atoms with van der Waals surface area (Å²) in [4.78, 5) is 23.7. The highest BCUT2D eigenvalue weighted by Gasteiger charge is 2.23. The number of anilines is 1. The Morgan fingerprint density at radius 1 is 1.10 bits per heavy atom. The van der Waals surface area contributed by atoms with E-state index in [2.05, 4.69) is 19.6 Å². The number of nitrogens with zero attached hydrogens (tertiary/aromatic N) is 4. The average molecular weight is 618 g/mol. The van der Waals surface area contributed by atoms with Gasteiger partial charge < -0.3 is 14.2 Å². The summed E-state index contributed by atoms with van der Waals surface area (Å²) in [7, 11) is -2.88. The van der Waals surface area contributed by atoms with E-state index in [9.17, 15) is 17.6 Å². The molecule has 1 N–H and O–H groups in total. The molecule has 0 radical (unpaired) electrons. The van der Waals surface area contributed by atoms with Crippen molar-refractivity contribution >= 4 is 33.0 Å². The Morgan fingerprint density at radius 2 is 1.86 bits per heavy atom. The predicted octanol–water partition coefficient (Wildman–Crippen LogP) is 3.85. The number of nitrogens with one attached hydrogen (secondary N) is 1. The van der Waals surface area contributed by atoms with Crippen LogP contribution in [0.15, 0.2) is 64.7 Å². The van der Waals surface area contributed by atoms with Crippen molar-refractivity contribution in [2.75, 3.05) is 38.1 Å². The molecule has 4 heterocycles. The van der Waals surface area contributed by atoms with Crippen LogP contribution >= 0.6 is 11.6 Å². The summed E-state index contributed by atoms with van der Waals surface area (Å²) in [6, 6.07) is 7.85. The molecule has 1 aliphatic heterocycles. The molecule has 0 aliphatic carbocycles. The van der Waals surface area contributed by atoms with Gasteiger partial charge in [-0.2, -0.15) is 0 Å². The molecular formula is C28H29ClFN5O6S. The van der Waals surface area contributed by atoms with Gasteiger partial charge in [0.25, 0.3) is 15.6 Å². The number of rotatable bonds is 9. The number of methoxy groups -OCH3 is 1. The minimum absolute atomic E-state index is 0.0000707. The van der Waals surface area contributed by atoms with Crippen molar-refractivity contribution in [1.29, 1.82) is 0 Å². The van der Waals surface area contributed by atoms with E-state index in [1.54, 1.807) is 18.3 Å². The number of morpholine rings is 1. The molecule has 1 aromatic carbocycles. The summed E-state index contributed by atoms with van der Waals surface area (Å²) in [6.07, 6.45) is 4.71. The van der Waals surface area contributed by atoms with Gasteiger partial charge in [0.15, 0.2) is 0 Å². The molecule has 4 aromatic rings. The number of aromatic nitrogens is 3. The first-order valence-corrected chi connectivity index (χ1v) is 14.9. The minimum Gasteiger partial charge on any atom is -0.485 e. The summed E-state index contributed by atoms with van der Waals surface area (Å²) >= 11 is 5.98. The number of benzene rings is 1. The van der Waals surface area contributed by atoms with E-state index in [4.69, 9.17) is 25.8 Å². The first kappa shape index (κ1) is 29.7. The smallest absolute Gasteiger partial charge is 0.300 e. The quantitative estimate of drug-likeness (QED) is 0.298.